The van der Waals surface area contributed by atoms with Crippen molar-refractivity contribution in [1.82, 2.24) is 9.62 Å². The summed E-state index contributed by atoms with van der Waals surface area (Å²) >= 11 is 0. The zero-order chi connectivity index (χ0) is 12.1. The largest absolute Gasteiger partial charge is 0.392 e. The third-order valence-electron chi connectivity index (χ3n) is 1.91. The van der Waals surface area contributed by atoms with Gasteiger partial charge in [0.25, 0.3) is 0 Å². The molecule has 0 radical (unpaired) electrons. The smallest absolute Gasteiger partial charge is 0.215 e. The van der Waals surface area contributed by atoms with E-state index in [2.05, 4.69) is 5.32 Å². The molecule has 0 aromatic heterocycles. The monoisotopic (exact) mass is 238 g/mol. The van der Waals surface area contributed by atoms with Crippen LogP contribution in [0, 0.1) is 0 Å². The number of sulfonamides is 1. The van der Waals surface area contributed by atoms with Crippen molar-refractivity contribution in [3.8, 4) is 0 Å². The second kappa shape index (κ2) is 6.42. The standard InChI is InChI=1S/C9H22N2O3S/c1-8(2)10-5-6-15(13,14)11(4)7-9(3)12/h8-10,12H,5-7H2,1-4H3. The maximum absolute atomic E-state index is 11.6. The van der Waals surface area contributed by atoms with Gasteiger partial charge in [-0.2, -0.15) is 0 Å². The number of nitrogens with one attached hydrogen (secondary N) is 1. The first-order chi connectivity index (χ1) is 6.75. The van der Waals surface area contributed by atoms with Gasteiger partial charge in [0.1, 0.15) is 0 Å². The molecule has 0 aliphatic heterocycles. The maximum Gasteiger partial charge on any atom is 0.215 e. The number of hydrogen-bond acceptors (Lipinski definition) is 4. The van der Waals surface area contributed by atoms with E-state index in [0.717, 1.165) is 0 Å². The van der Waals surface area contributed by atoms with Gasteiger partial charge in [-0.25, -0.2) is 12.7 Å². The van der Waals surface area contributed by atoms with Crippen LogP contribution in [-0.4, -0.2) is 55.9 Å². The SMILES string of the molecule is CC(O)CN(C)S(=O)(=O)CCNC(C)C. The van der Waals surface area contributed by atoms with Gasteiger partial charge in [0.2, 0.25) is 10.0 Å². The number of rotatable bonds is 7. The topological polar surface area (TPSA) is 69.6 Å². The normalized spacial score (nSPS) is 14.9. The average Bonchev–Trinajstić information content (AvgIpc) is 2.01. The Balaban J connectivity index is 4.06. The van der Waals surface area contributed by atoms with Gasteiger partial charge in [-0.05, 0) is 6.92 Å². The van der Waals surface area contributed by atoms with E-state index in [9.17, 15) is 8.42 Å². The summed E-state index contributed by atoms with van der Waals surface area (Å²) in [6.07, 6.45) is -0.636. The van der Waals surface area contributed by atoms with Crippen LogP contribution in [0.1, 0.15) is 20.8 Å². The van der Waals surface area contributed by atoms with Crippen molar-refractivity contribution in [3.63, 3.8) is 0 Å². The Hall–Kier alpha value is -0.170. The van der Waals surface area contributed by atoms with Crippen molar-refractivity contribution in [1.29, 1.82) is 0 Å². The second-order valence-corrected chi connectivity index (χ2v) is 6.25. The molecule has 6 heteroatoms. The first-order valence-electron chi connectivity index (χ1n) is 5.11. The van der Waals surface area contributed by atoms with Crippen LogP contribution in [0.25, 0.3) is 0 Å². The molecule has 0 aliphatic carbocycles. The Bertz CT molecular complexity index is 263. The third kappa shape index (κ3) is 6.83. The zero-order valence-corrected chi connectivity index (χ0v) is 10.7. The Morgan fingerprint density at radius 3 is 2.27 bits per heavy atom. The van der Waals surface area contributed by atoms with Gasteiger partial charge in [0.15, 0.2) is 0 Å². The van der Waals surface area contributed by atoms with Gasteiger partial charge in [-0.3, -0.25) is 0 Å². The minimum absolute atomic E-state index is 0.0639. The lowest BCUT2D eigenvalue weighted by Gasteiger charge is -2.19. The number of aliphatic hydroxyl groups is 1. The van der Waals surface area contributed by atoms with Crippen molar-refractivity contribution in [2.24, 2.45) is 0 Å². The zero-order valence-electron chi connectivity index (χ0n) is 9.90. The summed E-state index contributed by atoms with van der Waals surface area (Å²) in [6, 6.07) is 0.280. The van der Waals surface area contributed by atoms with Crippen LogP contribution in [0.2, 0.25) is 0 Å². The highest BCUT2D eigenvalue weighted by molar-refractivity contribution is 7.89. The molecule has 0 saturated carbocycles. The lowest BCUT2D eigenvalue weighted by molar-refractivity contribution is 0.171. The molecule has 0 aromatic rings. The summed E-state index contributed by atoms with van der Waals surface area (Å²) in [5.74, 6) is 0.0639. The van der Waals surface area contributed by atoms with Crippen LogP contribution < -0.4 is 5.32 Å². The molecule has 0 saturated heterocycles. The molecule has 0 bridgehead atoms. The van der Waals surface area contributed by atoms with E-state index in [1.165, 1.54) is 11.4 Å². The van der Waals surface area contributed by atoms with Crippen LogP contribution in [0.3, 0.4) is 0 Å². The fourth-order valence-corrected chi connectivity index (χ4v) is 2.25. The summed E-state index contributed by atoms with van der Waals surface area (Å²) < 4.78 is 24.4. The Morgan fingerprint density at radius 2 is 1.87 bits per heavy atom. The predicted molar refractivity (Wildman–Crippen MR) is 61.2 cm³/mol. The molecule has 1 atom stereocenters. The van der Waals surface area contributed by atoms with Gasteiger partial charge < -0.3 is 10.4 Å². The van der Waals surface area contributed by atoms with Crippen molar-refractivity contribution >= 4 is 10.0 Å². The summed E-state index contributed by atoms with van der Waals surface area (Å²) in [7, 11) is -1.76. The molecule has 15 heavy (non-hydrogen) atoms. The van der Waals surface area contributed by atoms with Gasteiger partial charge in [0, 0.05) is 26.2 Å². The van der Waals surface area contributed by atoms with Crippen LogP contribution >= 0.6 is 0 Å². The molecule has 5 nitrogen and oxygen atoms in total. The highest BCUT2D eigenvalue weighted by Crippen LogP contribution is 1.99. The van der Waals surface area contributed by atoms with Crippen molar-refractivity contribution in [3.05, 3.63) is 0 Å². The number of hydrogen-bond donors (Lipinski definition) is 2. The minimum atomic E-state index is -3.24. The molecule has 0 heterocycles. The molecular formula is C9H22N2O3S. The highest BCUT2D eigenvalue weighted by Gasteiger charge is 2.18. The van der Waals surface area contributed by atoms with Crippen molar-refractivity contribution in [2.75, 3.05) is 25.9 Å². The van der Waals surface area contributed by atoms with Crippen LogP contribution in [-0.2, 0) is 10.0 Å². The number of nitrogens with zero attached hydrogens (tertiary/aromatic N) is 1. The van der Waals surface area contributed by atoms with Gasteiger partial charge >= 0.3 is 0 Å². The summed E-state index contributed by atoms with van der Waals surface area (Å²) in [5.41, 5.74) is 0. The van der Waals surface area contributed by atoms with Gasteiger partial charge in [-0.15, -0.1) is 0 Å². The summed E-state index contributed by atoms with van der Waals surface area (Å²) in [4.78, 5) is 0. The maximum atomic E-state index is 11.6. The quantitative estimate of drug-likeness (QED) is 0.635. The molecule has 0 spiro atoms. The predicted octanol–water partition coefficient (Wildman–Crippen LogP) is -0.373. The second-order valence-electron chi connectivity index (χ2n) is 4.05. The molecule has 92 valence electrons. The van der Waals surface area contributed by atoms with Crippen LogP contribution in [0.5, 0.6) is 0 Å². The Kier molecular flexibility index (Phi) is 6.35. The van der Waals surface area contributed by atoms with E-state index in [0.29, 0.717) is 6.54 Å². The minimum Gasteiger partial charge on any atom is -0.392 e. The number of likely N-dealkylation sites (N-methyl/N-ethyl adjacent to an activating group) is 1. The molecule has 0 aliphatic rings. The van der Waals surface area contributed by atoms with Crippen LogP contribution in [0.4, 0.5) is 0 Å². The lowest BCUT2D eigenvalue weighted by Crippen LogP contribution is -2.38. The van der Waals surface area contributed by atoms with E-state index >= 15 is 0 Å². The molecule has 1 unspecified atom stereocenters. The van der Waals surface area contributed by atoms with Crippen molar-refractivity contribution < 1.29 is 13.5 Å². The summed E-state index contributed by atoms with van der Waals surface area (Å²) in [6.45, 7) is 6.07. The Labute approximate surface area is 92.5 Å². The average molecular weight is 238 g/mol. The fraction of sp³-hybridized carbons (Fsp3) is 1.00. The van der Waals surface area contributed by atoms with E-state index in [1.54, 1.807) is 6.92 Å². The number of aliphatic hydroxyl groups excluding tert-OH is 1. The molecule has 0 rings (SSSR count). The first-order valence-corrected chi connectivity index (χ1v) is 6.72. The molecule has 0 fully saturated rings. The molecular weight excluding hydrogens is 216 g/mol. The third-order valence-corrected chi connectivity index (χ3v) is 3.73. The van der Waals surface area contributed by atoms with Gasteiger partial charge in [-0.1, -0.05) is 13.8 Å². The lowest BCUT2D eigenvalue weighted by atomic mass is 10.4. The van der Waals surface area contributed by atoms with E-state index in [4.69, 9.17) is 5.11 Å². The van der Waals surface area contributed by atoms with E-state index in [1.807, 2.05) is 13.8 Å². The first kappa shape index (κ1) is 14.8. The van der Waals surface area contributed by atoms with Gasteiger partial charge in [0.05, 0.1) is 11.9 Å². The van der Waals surface area contributed by atoms with E-state index in [-0.39, 0.29) is 18.3 Å². The molecule has 0 amide bonds. The van der Waals surface area contributed by atoms with Crippen LogP contribution in [0.15, 0.2) is 0 Å². The van der Waals surface area contributed by atoms with Crippen molar-refractivity contribution in [2.45, 2.75) is 32.9 Å². The highest BCUT2D eigenvalue weighted by atomic mass is 32.2. The molecule has 0 aromatic carbocycles. The van der Waals surface area contributed by atoms with E-state index < -0.39 is 16.1 Å². The molecule has 2 N–H and O–H groups in total. The fourth-order valence-electron chi connectivity index (χ4n) is 1.12. The summed E-state index contributed by atoms with van der Waals surface area (Å²) in [5, 5.41) is 12.1. The Morgan fingerprint density at radius 1 is 1.33 bits per heavy atom.